The van der Waals surface area contributed by atoms with Crippen LogP contribution in [0.15, 0.2) is 81.7 Å². The summed E-state index contributed by atoms with van der Waals surface area (Å²) in [5, 5.41) is 3.92. The Morgan fingerprint density at radius 3 is 1.29 bits per heavy atom. The molecule has 0 N–H and O–H groups in total. The number of benzene rings is 3. The largest absolute Gasteiger partial charge is 2.00 e. The first-order valence-corrected chi connectivity index (χ1v) is 11.7. The Morgan fingerprint density at radius 1 is 0.578 bits per heavy atom. The number of nitrogens with zero attached hydrogens (tertiary/aromatic N) is 4. The molecule has 4 nitrogen and oxygen atoms in total. The van der Waals surface area contributed by atoms with E-state index >= 15 is 0 Å². The van der Waals surface area contributed by atoms with Crippen molar-refractivity contribution in [3.05, 3.63) is 120 Å². The van der Waals surface area contributed by atoms with Crippen molar-refractivity contribution < 1.29 is 73.1 Å². The number of amidine groups is 3. The molecule has 0 fully saturated rings. The summed E-state index contributed by atoms with van der Waals surface area (Å²) in [4.78, 5) is 11.2. The van der Waals surface area contributed by atoms with Crippen LogP contribution in [0.2, 0.25) is 0 Å². The summed E-state index contributed by atoms with van der Waals surface area (Å²) < 4.78 is 160. The minimum absolute atomic E-state index is 0. The zero-order valence-corrected chi connectivity index (χ0v) is 23.5. The fraction of sp³-hybridized carbons (Fsp3) is 0.143. The van der Waals surface area contributed by atoms with Crippen LogP contribution in [0.5, 0.6) is 0 Å². The minimum atomic E-state index is -5.22. The van der Waals surface area contributed by atoms with Crippen LogP contribution < -0.4 is 0 Å². The van der Waals surface area contributed by atoms with E-state index in [4.69, 9.17) is 0 Å². The van der Waals surface area contributed by atoms with Gasteiger partial charge in [0.15, 0.2) is 0 Å². The minimum Gasteiger partial charge on any atom is -0.359 e. The number of hydrogen-bond acceptors (Lipinski definition) is 2. The number of alkyl halides is 12. The zero-order chi connectivity index (χ0) is 33.1. The molecule has 1 aliphatic rings. The quantitative estimate of drug-likeness (QED) is 0.190. The van der Waals surface area contributed by atoms with E-state index in [0.717, 1.165) is 0 Å². The normalized spacial score (nSPS) is 15.6. The van der Waals surface area contributed by atoms with Crippen molar-refractivity contribution in [2.75, 3.05) is 0 Å². The van der Waals surface area contributed by atoms with Crippen LogP contribution in [0, 0.1) is 20.3 Å². The van der Waals surface area contributed by atoms with Crippen LogP contribution in [0.25, 0.3) is 5.32 Å². The molecule has 0 bridgehead atoms. The van der Waals surface area contributed by atoms with Crippen LogP contribution >= 0.6 is 0 Å². The second-order valence-electron chi connectivity index (χ2n) is 8.60. The smallest absolute Gasteiger partial charge is 0.359 e. The van der Waals surface area contributed by atoms with E-state index < -0.39 is 70.0 Å². The Labute approximate surface area is 261 Å². The second kappa shape index (κ2) is 14.2. The summed E-state index contributed by atoms with van der Waals surface area (Å²) in [5.74, 6) is -1.78. The Bertz CT molecular complexity index is 1510. The summed E-state index contributed by atoms with van der Waals surface area (Å²) in [7, 11) is 0. The molecule has 0 saturated carbocycles. The molecule has 3 aromatic carbocycles. The van der Waals surface area contributed by atoms with Crippen molar-refractivity contribution in [3.63, 3.8) is 0 Å². The van der Waals surface area contributed by atoms with Crippen LogP contribution in [0.3, 0.4) is 0 Å². The maximum absolute atomic E-state index is 13.3. The first-order valence-electron chi connectivity index (χ1n) is 11.7. The van der Waals surface area contributed by atoms with Gasteiger partial charge in [0.2, 0.25) is 0 Å². The van der Waals surface area contributed by atoms with E-state index in [9.17, 15) is 52.7 Å². The fourth-order valence-electron chi connectivity index (χ4n) is 3.44. The molecule has 1 heterocycles. The number of aliphatic imine (C=N–C) groups is 3. The molecule has 0 saturated heterocycles. The molecule has 0 atom stereocenters. The third-order valence-electron chi connectivity index (χ3n) is 5.27. The molecule has 241 valence electrons. The molecule has 3 aromatic rings. The zero-order valence-electron chi connectivity index (χ0n) is 22.0. The maximum atomic E-state index is 13.3. The number of hydrogen-bond donors (Lipinski definition) is 0. The monoisotopic (exact) mass is 742 g/mol. The van der Waals surface area contributed by atoms with Gasteiger partial charge in [0.05, 0.1) is 33.8 Å². The van der Waals surface area contributed by atoms with Crippen molar-refractivity contribution in [2.24, 2.45) is 15.0 Å². The molecule has 17 heteroatoms. The first-order chi connectivity index (χ1) is 20.2. The van der Waals surface area contributed by atoms with Crippen LogP contribution in [0.1, 0.15) is 27.8 Å². The van der Waals surface area contributed by atoms with Gasteiger partial charge in [-0.1, -0.05) is 30.3 Å². The molecule has 0 aromatic heterocycles. The molecule has 4 rings (SSSR count). The van der Waals surface area contributed by atoms with Gasteiger partial charge in [0, 0.05) is 11.7 Å². The molecule has 3 radical (unpaired) electrons. The third-order valence-corrected chi connectivity index (χ3v) is 5.27. The summed E-state index contributed by atoms with van der Waals surface area (Å²) >= 11 is 0. The van der Waals surface area contributed by atoms with Crippen molar-refractivity contribution in [2.45, 2.75) is 24.7 Å². The molecule has 0 amide bonds. The Morgan fingerprint density at radius 2 is 0.933 bits per heavy atom. The van der Waals surface area contributed by atoms with Crippen LogP contribution in [-0.4, -0.2) is 17.5 Å². The average Bonchev–Trinajstić information content (AvgIpc) is 3.29. The summed E-state index contributed by atoms with van der Waals surface area (Å²) in [6.45, 7) is 6.50. The van der Waals surface area contributed by atoms with Crippen molar-refractivity contribution in [3.8, 4) is 0 Å². The summed E-state index contributed by atoms with van der Waals surface area (Å²) in [6.07, 6.45) is -19.4. The van der Waals surface area contributed by atoms with E-state index in [1.807, 2.05) is 0 Å². The van der Waals surface area contributed by atoms with E-state index in [0.29, 0.717) is 0 Å². The van der Waals surface area contributed by atoms with Gasteiger partial charge in [0.1, 0.15) is 0 Å². The number of rotatable bonds is 3. The predicted octanol–water partition coefficient (Wildman–Crippen LogP) is 10.2. The van der Waals surface area contributed by atoms with Crippen molar-refractivity contribution in [1.29, 1.82) is 0 Å². The SMILES string of the molecule is FC(F)(F)c1cc(N=C2N=C(c3ccccc3)[N-]C2=Nc2cc(C(F)(F)F)cc(C(F)(F)F)c2)cc(C(F)(F)F)c1.[CH2][CH][CH2].[Pd+2]. The average molecular weight is 743 g/mol. The van der Waals surface area contributed by atoms with Gasteiger partial charge in [-0.3, -0.25) is 0 Å². The van der Waals surface area contributed by atoms with Crippen molar-refractivity contribution in [1.82, 2.24) is 0 Å². The summed E-state index contributed by atoms with van der Waals surface area (Å²) in [5.41, 5.74) is -8.52. The predicted molar refractivity (Wildman–Crippen MR) is 138 cm³/mol. The van der Waals surface area contributed by atoms with E-state index in [1.54, 1.807) is 6.07 Å². The summed E-state index contributed by atoms with van der Waals surface area (Å²) in [6, 6.07) is 8.14. The molecule has 0 spiro atoms. The van der Waals surface area contributed by atoms with Gasteiger partial charge in [-0.15, -0.1) is 0 Å². The molecular formula is C28H16F12N4Pd+. The standard InChI is InChI=1S/C25H11F12N4.C3H5.Pd/c26-22(27,28)13-6-14(23(29,30)31)9-17(8-13)38-20-21(41-19(40-20)12-4-2-1-3-5-12)39-18-10-15(24(32,33)34)7-16(11-18)25(35,36)37;1-3-2;/h1-11H;3H,1-2H2;/q-1;;+2. The Kier molecular flexibility index (Phi) is 11.8. The molecule has 45 heavy (non-hydrogen) atoms. The van der Waals surface area contributed by atoms with Crippen molar-refractivity contribution >= 4 is 28.9 Å². The van der Waals surface area contributed by atoms with E-state index in [1.165, 1.54) is 30.7 Å². The van der Waals surface area contributed by atoms with Gasteiger partial charge in [-0.05, 0) is 67.9 Å². The molecule has 0 aliphatic carbocycles. The fourth-order valence-corrected chi connectivity index (χ4v) is 3.44. The molecule has 0 unspecified atom stereocenters. The number of halogens is 12. The van der Waals surface area contributed by atoms with Crippen LogP contribution in [-0.2, 0) is 45.1 Å². The van der Waals surface area contributed by atoms with Gasteiger partial charge in [-0.2, -0.15) is 52.7 Å². The third kappa shape index (κ3) is 10.2. The second-order valence-corrected chi connectivity index (χ2v) is 8.60. The Hall–Kier alpha value is -3.71. The Balaban J connectivity index is 0.00000169. The van der Waals surface area contributed by atoms with E-state index in [2.05, 4.69) is 34.1 Å². The molecule has 1 aliphatic heterocycles. The van der Waals surface area contributed by atoms with Gasteiger partial charge in [-0.25, -0.2) is 4.99 Å². The van der Waals surface area contributed by atoms with Gasteiger partial charge < -0.3 is 15.3 Å². The topological polar surface area (TPSA) is 51.2 Å². The maximum Gasteiger partial charge on any atom is 2.00 e. The van der Waals surface area contributed by atoms with Gasteiger partial charge >= 0.3 is 45.1 Å². The van der Waals surface area contributed by atoms with E-state index in [-0.39, 0.29) is 68.2 Å². The first kappa shape index (κ1) is 37.5. The molecular weight excluding hydrogens is 727 g/mol. The van der Waals surface area contributed by atoms with Crippen LogP contribution in [0.4, 0.5) is 64.1 Å². The van der Waals surface area contributed by atoms with Gasteiger partial charge in [0.25, 0.3) is 0 Å².